The Hall–Kier alpha value is -0.300. The zero-order valence-electron chi connectivity index (χ0n) is 8.05. The first-order chi connectivity index (χ1) is 5.81. The summed E-state index contributed by atoms with van der Waals surface area (Å²) in [6.45, 7) is 6.48. The first-order valence-electron chi connectivity index (χ1n) is 5.10. The van der Waals surface area contributed by atoms with Crippen molar-refractivity contribution in [1.82, 2.24) is 0 Å². The second-order valence-corrected chi connectivity index (χ2v) is 3.82. The molecule has 0 aromatic rings. The maximum atomic E-state index is 8.89. The van der Waals surface area contributed by atoms with Crippen molar-refractivity contribution in [3.05, 3.63) is 12.2 Å². The Morgan fingerprint density at radius 1 is 1.25 bits per heavy atom. The molecular formula is C11H20O. The summed E-state index contributed by atoms with van der Waals surface area (Å²) in [4.78, 5) is 0. The fourth-order valence-electron chi connectivity index (χ4n) is 1.87. The van der Waals surface area contributed by atoms with Gasteiger partial charge in [-0.25, -0.2) is 0 Å². The standard InChI is InChI=1S/C11H20O/c1-3-4-5-6-7-10-9(2)11(10)8-12/h10-12H,2-8H2,1H3/t10-,11-/m0/s1. The van der Waals surface area contributed by atoms with E-state index in [0.717, 1.165) is 0 Å². The second kappa shape index (κ2) is 4.66. The largest absolute Gasteiger partial charge is 0.396 e. The van der Waals surface area contributed by atoms with Crippen LogP contribution in [0, 0.1) is 11.8 Å². The molecule has 1 N–H and O–H groups in total. The Morgan fingerprint density at radius 2 is 2.00 bits per heavy atom. The zero-order valence-corrected chi connectivity index (χ0v) is 8.05. The van der Waals surface area contributed by atoms with Crippen LogP contribution in [0.4, 0.5) is 0 Å². The molecule has 0 aromatic carbocycles. The minimum atomic E-state index is 0.317. The molecule has 0 spiro atoms. The van der Waals surface area contributed by atoms with E-state index >= 15 is 0 Å². The molecule has 0 unspecified atom stereocenters. The fraction of sp³-hybridized carbons (Fsp3) is 0.818. The fourth-order valence-corrected chi connectivity index (χ4v) is 1.87. The highest BCUT2D eigenvalue weighted by Gasteiger charge is 2.40. The minimum Gasteiger partial charge on any atom is -0.396 e. The van der Waals surface area contributed by atoms with E-state index in [0.29, 0.717) is 18.4 Å². The van der Waals surface area contributed by atoms with Crippen molar-refractivity contribution in [3.63, 3.8) is 0 Å². The van der Waals surface area contributed by atoms with E-state index in [9.17, 15) is 0 Å². The summed E-state index contributed by atoms with van der Waals surface area (Å²) in [6, 6.07) is 0. The van der Waals surface area contributed by atoms with E-state index < -0.39 is 0 Å². The van der Waals surface area contributed by atoms with Gasteiger partial charge >= 0.3 is 0 Å². The van der Waals surface area contributed by atoms with Gasteiger partial charge in [-0.1, -0.05) is 44.8 Å². The highest BCUT2D eigenvalue weighted by molar-refractivity contribution is 5.25. The van der Waals surface area contributed by atoms with Crippen LogP contribution < -0.4 is 0 Å². The van der Waals surface area contributed by atoms with E-state index in [-0.39, 0.29) is 0 Å². The van der Waals surface area contributed by atoms with Crippen molar-refractivity contribution >= 4 is 0 Å². The van der Waals surface area contributed by atoms with Gasteiger partial charge in [0.15, 0.2) is 0 Å². The molecule has 0 saturated heterocycles. The molecule has 0 radical (unpaired) electrons. The third-order valence-corrected chi connectivity index (χ3v) is 2.89. The zero-order chi connectivity index (χ0) is 8.97. The van der Waals surface area contributed by atoms with Crippen LogP contribution >= 0.6 is 0 Å². The summed E-state index contributed by atoms with van der Waals surface area (Å²) in [5, 5.41) is 8.89. The van der Waals surface area contributed by atoms with E-state index in [1.165, 1.54) is 37.7 Å². The van der Waals surface area contributed by atoms with Crippen LogP contribution in [0.3, 0.4) is 0 Å². The van der Waals surface area contributed by atoms with Gasteiger partial charge in [0, 0.05) is 5.92 Å². The second-order valence-electron chi connectivity index (χ2n) is 3.82. The number of unbranched alkanes of at least 4 members (excludes halogenated alkanes) is 3. The van der Waals surface area contributed by atoms with Crippen LogP contribution in [0.2, 0.25) is 0 Å². The topological polar surface area (TPSA) is 20.2 Å². The molecule has 1 fully saturated rings. The molecule has 1 rings (SSSR count). The Labute approximate surface area is 75.5 Å². The maximum absolute atomic E-state index is 8.89. The Bertz CT molecular complexity index is 151. The van der Waals surface area contributed by atoms with Gasteiger partial charge in [0.1, 0.15) is 0 Å². The molecule has 1 nitrogen and oxygen atoms in total. The highest BCUT2D eigenvalue weighted by Crippen LogP contribution is 2.47. The van der Waals surface area contributed by atoms with Gasteiger partial charge in [0.2, 0.25) is 0 Å². The summed E-state index contributed by atoms with van der Waals surface area (Å²) < 4.78 is 0. The molecule has 0 heterocycles. The predicted octanol–water partition coefficient (Wildman–Crippen LogP) is 2.75. The van der Waals surface area contributed by atoms with Crippen LogP contribution in [0.15, 0.2) is 12.2 Å². The van der Waals surface area contributed by atoms with Crippen LogP contribution in [0.1, 0.15) is 39.0 Å². The van der Waals surface area contributed by atoms with Gasteiger partial charge in [0.05, 0.1) is 6.61 Å². The molecule has 0 amide bonds. The third-order valence-electron chi connectivity index (χ3n) is 2.89. The van der Waals surface area contributed by atoms with Crippen LogP contribution in [0.5, 0.6) is 0 Å². The van der Waals surface area contributed by atoms with Crippen molar-refractivity contribution in [2.45, 2.75) is 39.0 Å². The molecule has 1 aliphatic carbocycles. The highest BCUT2D eigenvalue weighted by atomic mass is 16.3. The Kier molecular flexibility index (Phi) is 3.80. The normalized spacial score (nSPS) is 27.7. The van der Waals surface area contributed by atoms with Crippen LogP contribution in [-0.4, -0.2) is 11.7 Å². The Balaban J connectivity index is 1.99. The van der Waals surface area contributed by atoms with Gasteiger partial charge in [-0.05, 0) is 12.3 Å². The van der Waals surface area contributed by atoms with Crippen molar-refractivity contribution in [3.8, 4) is 0 Å². The van der Waals surface area contributed by atoms with Crippen LogP contribution in [0.25, 0.3) is 0 Å². The van der Waals surface area contributed by atoms with Gasteiger partial charge in [0.25, 0.3) is 0 Å². The molecule has 0 aliphatic heterocycles. The lowest BCUT2D eigenvalue weighted by molar-refractivity contribution is 0.269. The number of aliphatic hydroxyl groups is 1. The van der Waals surface area contributed by atoms with Gasteiger partial charge < -0.3 is 5.11 Å². The van der Waals surface area contributed by atoms with Crippen molar-refractivity contribution < 1.29 is 5.11 Å². The molecule has 0 bridgehead atoms. The van der Waals surface area contributed by atoms with Crippen LogP contribution in [-0.2, 0) is 0 Å². The van der Waals surface area contributed by atoms with E-state index in [1.807, 2.05) is 0 Å². The molecule has 2 atom stereocenters. The van der Waals surface area contributed by atoms with Gasteiger partial charge in [-0.3, -0.25) is 0 Å². The average molecular weight is 168 g/mol. The predicted molar refractivity (Wildman–Crippen MR) is 52.0 cm³/mol. The smallest absolute Gasteiger partial charge is 0.0502 e. The Morgan fingerprint density at radius 3 is 2.50 bits per heavy atom. The molecule has 1 heteroatoms. The lowest BCUT2D eigenvalue weighted by Crippen LogP contribution is -1.88. The summed E-state index contributed by atoms with van der Waals surface area (Å²) in [7, 11) is 0. The van der Waals surface area contributed by atoms with E-state index in [4.69, 9.17) is 5.11 Å². The van der Waals surface area contributed by atoms with Gasteiger partial charge in [-0.15, -0.1) is 0 Å². The minimum absolute atomic E-state index is 0.317. The molecule has 12 heavy (non-hydrogen) atoms. The monoisotopic (exact) mass is 168 g/mol. The van der Waals surface area contributed by atoms with E-state index in [2.05, 4.69) is 13.5 Å². The molecule has 70 valence electrons. The van der Waals surface area contributed by atoms with E-state index in [1.54, 1.807) is 0 Å². The lowest BCUT2D eigenvalue weighted by atomic mass is 10.1. The number of rotatable bonds is 6. The quantitative estimate of drug-likeness (QED) is 0.477. The first-order valence-corrected chi connectivity index (χ1v) is 5.10. The third kappa shape index (κ3) is 2.34. The molecule has 1 aliphatic rings. The molecular weight excluding hydrogens is 148 g/mol. The maximum Gasteiger partial charge on any atom is 0.0502 e. The van der Waals surface area contributed by atoms with Crippen molar-refractivity contribution in [2.24, 2.45) is 11.8 Å². The summed E-state index contributed by atoms with van der Waals surface area (Å²) >= 11 is 0. The summed E-state index contributed by atoms with van der Waals surface area (Å²) in [6.07, 6.45) is 6.56. The summed E-state index contributed by atoms with van der Waals surface area (Å²) in [5.74, 6) is 1.11. The van der Waals surface area contributed by atoms with Crippen molar-refractivity contribution in [2.75, 3.05) is 6.61 Å². The lowest BCUT2D eigenvalue weighted by Gasteiger charge is -1.97. The summed E-state index contributed by atoms with van der Waals surface area (Å²) in [5.41, 5.74) is 1.29. The average Bonchev–Trinajstić information content (AvgIpc) is 2.70. The number of hydrogen-bond donors (Lipinski definition) is 1. The first kappa shape index (κ1) is 9.79. The van der Waals surface area contributed by atoms with Gasteiger partial charge in [-0.2, -0.15) is 0 Å². The van der Waals surface area contributed by atoms with Crippen molar-refractivity contribution in [1.29, 1.82) is 0 Å². The molecule has 0 aromatic heterocycles. The molecule has 1 saturated carbocycles. The SMILES string of the molecule is C=C1[C@H](CO)[C@H]1CCCCCC. The number of hydrogen-bond acceptors (Lipinski definition) is 1. The number of aliphatic hydroxyl groups excluding tert-OH is 1.